The Morgan fingerprint density at radius 3 is 2.58 bits per heavy atom. The second-order valence-electron chi connectivity index (χ2n) is 4.27. The number of likely N-dealkylation sites (N-methyl/N-ethyl adjacent to an activating group) is 1. The highest BCUT2D eigenvalue weighted by atomic mass is 35.5. The largest absolute Gasteiger partial charge is 0.324 e. The molecular weight excluding hydrogens is 272 g/mol. The Morgan fingerprint density at radius 2 is 1.95 bits per heavy atom. The van der Waals surface area contributed by atoms with Crippen LogP contribution in [0.3, 0.4) is 0 Å². The van der Waals surface area contributed by atoms with Crippen LogP contribution in [-0.4, -0.2) is 29.9 Å². The van der Waals surface area contributed by atoms with Gasteiger partial charge in [-0.15, -0.1) is 0 Å². The Kier molecular flexibility index (Phi) is 2.24. The third-order valence-corrected chi connectivity index (χ3v) is 3.59. The Bertz CT molecular complexity index is 632. The average molecular weight is 281 g/mol. The molecule has 5 amide bonds. The third-order valence-electron chi connectivity index (χ3n) is 3.27. The number of rotatable bonds is 0. The van der Waals surface area contributed by atoms with E-state index in [0.29, 0.717) is 11.3 Å². The zero-order valence-electron chi connectivity index (χ0n) is 9.78. The van der Waals surface area contributed by atoms with E-state index < -0.39 is 23.6 Å². The van der Waals surface area contributed by atoms with Crippen molar-refractivity contribution in [2.75, 3.05) is 12.4 Å². The van der Waals surface area contributed by atoms with Gasteiger partial charge in [0.1, 0.15) is 0 Å². The molecule has 8 heteroatoms. The van der Waals surface area contributed by atoms with Gasteiger partial charge >= 0.3 is 12.1 Å². The number of hydrogen-bond acceptors (Lipinski definition) is 3. The fourth-order valence-corrected chi connectivity index (χ4v) is 2.68. The molecule has 1 aromatic carbocycles. The van der Waals surface area contributed by atoms with Crippen molar-refractivity contribution >= 4 is 35.3 Å². The lowest BCUT2D eigenvalue weighted by Gasteiger charge is -2.41. The zero-order valence-corrected chi connectivity index (χ0v) is 10.5. The van der Waals surface area contributed by atoms with Crippen LogP contribution in [0.4, 0.5) is 15.3 Å². The molecule has 1 atom stereocenters. The second-order valence-corrected chi connectivity index (χ2v) is 4.68. The van der Waals surface area contributed by atoms with E-state index >= 15 is 0 Å². The monoisotopic (exact) mass is 280 g/mol. The third kappa shape index (κ3) is 1.36. The summed E-state index contributed by atoms with van der Waals surface area (Å²) >= 11 is 6.13. The molecular formula is C11H9ClN4O3. The number of urea groups is 2. The molecule has 2 heterocycles. The first-order valence-corrected chi connectivity index (χ1v) is 5.82. The molecule has 2 aliphatic rings. The quantitative estimate of drug-likeness (QED) is 0.614. The minimum atomic E-state index is -1.60. The van der Waals surface area contributed by atoms with Crippen molar-refractivity contribution in [2.45, 2.75) is 5.66 Å². The van der Waals surface area contributed by atoms with Gasteiger partial charge in [-0.25, -0.2) is 9.59 Å². The van der Waals surface area contributed by atoms with Gasteiger partial charge in [0.25, 0.3) is 5.91 Å². The molecule has 1 saturated heterocycles. The van der Waals surface area contributed by atoms with Gasteiger partial charge in [0.2, 0.25) is 5.66 Å². The van der Waals surface area contributed by atoms with Crippen LogP contribution in [-0.2, 0) is 10.5 Å². The van der Waals surface area contributed by atoms with Crippen molar-refractivity contribution < 1.29 is 14.4 Å². The first-order chi connectivity index (χ1) is 8.96. The van der Waals surface area contributed by atoms with Crippen LogP contribution in [0.5, 0.6) is 0 Å². The van der Waals surface area contributed by atoms with Gasteiger partial charge in [0.15, 0.2) is 0 Å². The van der Waals surface area contributed by atoms with Crippen LogP contribution in [0.2, 0.25) is 5.02 Å². The van der Waals surface area contributed by atoms with Crippen LogP contribution >= 0.6 is 11.6 Å². The lowest BCUT2D eigenvalue weighted by molar-refractivity contribution is -0.129. The van der Waals surface area contributed by atoms with Crippen LogP contribution in [0, 0.1) is 0 Å². The predicted molar refractivity (Wildman–Crippen MR) is 66.6 cm³/mol. The molecule has 0 saturated carbocycles. The first kappa shape index (κ1) is 11.8. The highest BCUT2D eigenvalue weighted by Crippen LogP contribution is 2.41. The Hall–Kier alpha value is -2.28. The summed E-state index contributed by atoms with van der Waals surface area (Å²) in [4.78, 5) is 36.6. The summed E-state index contributed by atoms with van der Waals surface area (Å²) in [6, 6.07) is 3.68. The number of imide groups is 1. The van der Waals surface area contributed by atoms with E-state index in [0.717, 1.165) is 4.90 Å². The topological polar surface area (TPSA) is 90.5 Å². The fourth-order valence-electron chi connectivity index (χ4n) is 2.37. The maximum absolute atomic E-state index is 12.2. The Balaban J connectivity index is 2.32. The number of fused-ring (bicyclic) bond motifs is 2. The van der Waals surface area contributed by atoms with Crippen LogP contribution in [0.1, 0.15) is 5.56 Å². The van der Waals surface area contributed by atoms with Gasteiger partial charge in [0.05, 0.1) is 16.3 Å². The summed E-state index contributed by atoms with van der Waals surface area (Å²) in [6.07, 6.45) is 0. The molecule has 2 aliphatic heterocycles. The van der Waals surface area contributed by atoms with E-state index in [1.165, 1.54) is 7.05 Å². The Morgan fingerprint density at radius 1 is 1.21 bits per heavy atom. The average Bonchev–Trinajstić information content (AvgIpc) is 2.62. The lowest BCUT2D eigenvalue weighted by atomic mass is 9.94. The first-order valence-electron chi connectivity index (χ1n) is 5.44. The minimum Gasteiger partial charge on any atom is -0.307 e. The number of benzene rings is 1. The number of amides is 5. The van der Waals surface area contributed by atoms with Crippen molar-refractivity contribution in [2.24, 2.45) is 0 Å². The number of hydrogen-bond donors (Lipinski definition) is 3. The number of carbonyl (C=O) groups excluding carboxylic acids is 3. The molecule has 0 aromatic heterocycles. The molecule has 19 heavy (non-hydrogen) atoms. The van der Waals surface area contributed by atoms with Crippen molar-refractivity contribution in [3.63, 3.8) is 0 Å². The van der Waals surface area contributed by atoms with Crippen molar-refractivity contribution in [1.82, 2.24) is 15.5 Å². The number of nitrogens with one attached hydrogen (secondary N) is 3. The SMILES string of the molecule is CN1C(=O)Nc2cccc(Cl)c2C12NC(=O)NC2=O. The van der Waals surface area contributed by atoms with Gasteiger partial charge in [-0.3, -0.25) is 15.0 Å². The van der Waals surface area contributed by atoms with Gasteiger partial charge in [-0.2, -0.15) is 0 Å². The molecule has 1 aromatic rings. The van der Waals surface area contributed by atoms with Crippen LogP contribution < -0.4 is 16.0 Å². The van der Waals surface area contributed by atoms with E-state index in [1.807, 2.05) is 0 Å². The van der Waals surface area contributed by atoms with Crippen LogP contribution in [0.25, 0.3) is 0 Å². The summed E-state index contributed by atoms with van der Waals surface area (Å²) < 4.78 is 0. The normalized spacial score (nSPS) is 24.9. The zero-order chi connectivity index (χ0) is 13.8. The number of nitrogens with zero attached hydrogens (tertiary/aromatic N) is 1. The molecule has 1 unspecified atom stereocenters. The summed E-state index contributed by atoms with van der Waals surface area (Å²) in [5, 5.41) is 7.49. The van der Waals surface area contributed by atoms with Gasteiger partial charge in [-0.1, -0.05) is 17.7 Å². The maximum atomic E-state index is 12.2. The van der Waals surface area contributed by atoms with Gasteiger partial charge in [0, 0.05) is 7.05 Å². The maximum Gasteiger partial charge on any atom is 0.324 e. The lowest BCUT2D eigenvalue weighted by Crippen LogP contribution is -2.62. The molecule has 1 spiro atoms. The van der Waals surface area contributed by atoms with E-state index in [-0.39, 0.29) is 5.02 Å². The summed E-state index contributed by atoms with van der Waals surface area (Å²) in [7, 11) is 1.41. The summed E-state index contributed by atoms with van der Waals surface area (Å²) in [5.74, 6) is -0.635. The molecule has 0 bridgehead atoms. The van der Waals surface area contributed by atoms with Crippen molar-refractivity contribution in [3.8, 4) is 0 Å². The van der Waals surface area contributed by atoms with Crippen molar-refractivity contribution in [3.05, 3.63) is 28.8 Å². The van der Waals surface area contributed by atoms with Crippen LogP contribution in [0.15, 0.2) is 18.2 Å². The molecule has 7 nitrogen and oxygen atoms in total. The smallest absolute Gasteiger partial charge is 0.307 e. The molecule has 1 fully saturated rings. The molecule has 0 radical (unpaired) electrons. The highest BCUT2D eigenvalue weighted by Gasteiger charge is 2.57. The number of halogens is 1. The molecule has 0 aliphatic carbocycles. The van der Waals surface area contributed by atoms with E-state index in [1.54, 1.807) is 18.2 Å². The number of carbonyl (C=O) groups is 3. The van der Waals surface area contributed by atoms with E-state index in [4.69, 9.17) is 11.6 Å². The molecule has 98 valence electrons. The highest BCUT2D eigenvalue weighted by molar-refractivity contribution is 6.33. The van der Waals surface area contributed by atoms with Gasteiger partial charge < -0.3 is 10.6 Å². The summed E-state index contributed by atoms with van der Waals surface area (Å²) in [6.45, 7) is 0. The van der Waals surface area contributed by atoms with E-state index in [2.05, 4.69) is 16.0 Å². The fraction of sp³-hybridized carbons (Fsp3) is 0.182. The molecule has 3 N–H and O–H groups in total. The Labute approximate surface area is 112 Å². The predicted octanol–water partition coefficient (Wildman–Crippen LogP) is 0.810. The molecule has 3 rings (SSSR count). The van der Waals surface area contributed by atoms with Gasteiger partial charge in [-0.05, 0) is 12.1 Å². The summed E-state index contributed by atoms with van der Waals surface area (Å²) in [5.41, 5.74) is -0.859. The number of anilines is 1. The second kappa shape index (κ2) is 3.61. The standard InChI is InChI=1S/C11H9ClN4O3/c1-16-10(19)13-6-4-2-3-5(12)7(6)11(16)8(17)14-9(18)15-11/h2-4H,1H3,(H,13,19)(H2,14,15,17,18). The van der Waals surface area contributed by atoms with E-state index in [9.17, 15) is 14.4 Å². The minimum absolute atomic E-state index is 0.279. The van der Waals surface area contributed by atoms with Crippen molar-refractivity contribution in [1.29, 1.82) is 0 Å².